The molecule has 22 heavy (non-hydrogen) atoms. The molecule has 108 valence electrons. The van der Waals surface area contributed by atoms with E-state index in [1.807, 2.05) is 48.1 Å². The average Bonchev–Trinajstić information content (AvgIpc) is 3.00. The summed E-state index contributed by atoms with van der Waals surface area (Å²) in [6.45, 7) is 0. The molecule has 0 amide bonds. The number of hydrogen-bond donors (Lipinski definition) is 1. The number of aromatic nitrogens is 2. The van der Waals surface area contributed by atoms with E-state index in [1.165, 1.54) is 0 Å². The molecule has 1 N–H and O–H groups in total. The topological polar surface area (TPSA) is 61.8 Å². The molecular formula is C18H15N3O. The van der Waals surface area contributed by atoms with Crippen molar-refractivity contribution in [2.75, 3.05) is 0 Å². The van der Waals surface area contributed by atoms with E-state index in [0.717, 1.165) is 16.8 Å². The molecule has 4 heteroatoms. The van der Waals surface area contributed by atoms with Gasteiger partial charge in [-0.05, 0) is 23.3 Å². The van der Waals surface area contributed by atoms with Crippen LogP contribution < -0.4 is 0 Å². The van der Waals surface area contributed by atoms with Gasteiger partial charge in [-0.2, -0.15) is 5.26 Å². The molecule has 3 rings (SSSR count). The molecule has 1 heterocycles. The van der Waals surface area contributed by atoms with Crippen LogP contribution in [-0.2, 0) is 7.05 Å². The standard InChI is InChI=1S/C18H15N3O/c1-21-11-17(20-12-21)15-7-2-3-8-16(15)18(22)14-6-4-5-13(9-14)10-19/h2-9,11-12,18,22H,1H3. The van der Waals surface area contributed by atoms with Gasteiger partial charge in [-0.15, -0.1) is 0 Å². The highest BCUT2D eigenvalue weighted by molar-refractivity contribution is 5.64. The number of benzene rings is 2. The number of aryl methyl sites for hydroxylation is 1. The first-order chi connectivity index (χ1) is 10.7. The van der Waals surface area contributed by atoms with E-state index in [0.29, 0.717) is 11.1 Å². The molecule has 0 saturated heterocycles. The summed E-state index contributed by atoms with van der Waals surface area (Å²) in [5.74, 6) is 0. The quantitative estimate of drug-likeness (QED) is 0.806. The lowest BCUT2D eigenvalue weighted by atomic mass is 9.94. The number of hydrogen-bond acceptors (Lipinski definition) is 3. The van der Waals surface area contributed by atoms with Crippen LogP contribution in [0.3, 0.4) is 0 Å². The van der Waals surface area contributed by atoms with Crippen LogP contribution in [0.5, 0.6) is 0 Å². The number of imidazole rings is 1. The van der Waals surface area contributed by atoms with Crippen molar-refractivity contribution in [3.63, 3.8) is 0 Å². The lowest BCUT2D eigenvalue weighted by Crippen LogP contribution is -2.02. The van der Waals surface area contributed by atoms with Crippen molar-refractivity contribution in [3.8, 4) is 17.3 Å². The third-order valence-electron chi connectivity index (χ3n) is 3.57. The Morgan fingerprint density at radius 3 is 2.73 bits per heavy atom. The summed E-state index contributed by atoms with van der Waals surface area (Å²) in [6.07, 6.45) is 2.85. The molecule has 1 unspecified atom stereocenters. The maximum atomic E-state index is 10.7. The SMILES string of the molecule is Cn1cnc(-c2ccccc2C(O)c2cccc(C#N)c2)c1. The maximum absolute atomic E-state index is 10.7. The van der Waals surface area contributed by atoms with Gasteiger partial charge < -0.3 is 9.67 Å². The van der Waals surface area contributed by atoms with Crippen molar-refractivity contribution in [1.82, 2.24) is 9.55 Å². The molecule has 1 aromatic heterocycles. The van der Waals surface area contributed by atoms with E-state index in [2.05, 4.69) is 11.1 Å². The second-order valence-electron chi connectivity index (χ2n) is 5.15. The minimum absolute atomic E-state index is 0.534. The van der Waals surface area contributed by atoms with Crippen LogP contribution in [0.4, 0.5) is 0 Å². The first-order valence-electron chi connectivity index (χ1n) is 6.94. The lowest BCUT2D eigenvalue weighted by Gasteiger charge is -2.15. The Labute approximate surface area is 128 Å². The fraction of sp³-hybridized carbons (Fsp3) is 0.111. The zero-order valence-electron chi connectivity index (χ0n) is 12.1. The van der Waals surface area contributed by atoms with Gasteiger partial charge in [0.25, 0.3) is 0 Å². The summed E-state index contributed by atoms with van der Waals surface area (Å²) in [5.41, 5.74) is 3.71. The van der Waals surface area contributed by atoms with Gasteiger partial charge >= 0.3 is 0 Å². The summed E-state index contributed by atoms with van der Waals surface area (Å²) in [4.78, 5) is 4.36. The van der Waals surface area contributed by atoms with Crippen molar-refractivity contribution in [2.45, 2.75) is 6.10 Å². The van der Waals surface area contributed by atoms with E-state index < -0.39 is 6.10 Å². The molecule has 0 aliphatic rings. The van der Waals surface area contributed by atoms with Gasteiger partial charge in [0.15, 0.2) is 0 Å². The summed E-state index contributed by atoms with van der Waals surface area (Å²) in [7, 11) is 1.91. The fourth-order valence-corrected chi connectivity index (χ4v) is 2.48. The zero-order valence-corrected chi connectivity index (χ0v) is 12.1. The Morgan fingerprint density at radius 2 is 2.00 bits per heavy atom. The predicted molar refractivity (Wildman–Crippen MR) is 83.9 cm³/mol. The van der Waals surface area contributed by atoms with Crippen LogP contribution in [0.2, 0.25) is 0 Å². The fourth-order valence-electron chi connectivity index (χ4n) is 2.48. The Bertz CT molecular complexity index is 845. The Balaban J connectivity index is 2.06. The molecule has 2 aromatic carbocycles. The van der Waals surface area contributed by atoms with Gasteiger partial charge in [0.1, 0.15) is 6.10 Å². The van der Waals surface area contributed by atoms with Crippen LogP contribution in [0, 0.1) is 11.3 Å². The summed E-state index contributed by atoms with van der Waals surface area (Å²) in [6, 6.07) is 16.8. The second kappa shape index (κ2) is 5.84. The molecule has 0 aliphatic heterocycles. The summed E-state index contributed by atoms with van der Waals surface area (Å²) in [5, 5.41) is 19.7. The van der Waals surface area contributed by atoms with Gasteiger partial charge in [-0.3, -0.25) is 0 Å². The molecule has 1 atom stereocenters. The third-order valence-corrected chi connectivity index (χ3v) is 3.57. The van der Waals surface area contributed by atoms with Crippen LogP contribution in [0.1, 0.15) is 22.8 Å². The van der Waals surface area contributed by atoms with Crippen molar-refractivity contribution in [3.05, 3.63) is 77.7 Å². The number of rotatable bonds is 3. The van der Waals surface area contributed by atoms with E-state index in [1.54, 1.807) is 24.5 Å². The Kier molecular flexibility index (Phi) is 3.73. The van der Waals surface area contributed by atoms with Crippen molar-refractivity contribution in [2.24, 2.45) is 7.05 Å². The smallest absolute Gasteiger partial charge is 0.105 e. The van der Waals surface area contributed by atoms with Crippen LogP contribution in [-0.4, -0.2) is 14.7 Å². The van der Waals surface area contributed by atoms with E-state index in [9.17, 15) is 5.11 Å². The normalized spacial score (nSPS) is 11.9. The average molecular weight is 289 g/mol. The highest BCUT2D eigenvalue weighted by Crippen LogP contribution is 2.31. The third kappa shape index (κ3) is 2.62. The molecule has 0 radical (unpaired) electrons. The molecule has 0 aliphatic carbocycles. The van der Waals surface area contributed by atoms with Crippen LogP contribution >= 0.6 is 0 Å². The number of aliphatic hydroxyl groups excluding tert-OH is 1. The first-order valence-corrected chi connectivity index (χ1v) is 6.94. The van der Waals surface area contributed by atoms with Crippen molar-refractivity contribution < 1.29 is 5.11 Å². The van der Waals surface area contributed by atoms with Gasteiger partial charge in [0.2, 0.25) is 0 Å². The largest absolute Gasteiger partial charge is 0.384 e. The van der Waals surface area contributed by atoms with Gasteiger partial charge in [0, 0.05) is 18.8 Å². The number of nitrogens with zero attached hydrogens (tertiary/aromatic N) is 3. The highest BCUT2D eigenvalue weighted by atomic mass is 16.3. The van der Waals surface area contributed by atoms with Crippen molar-refractivity contribution in [1.29, 1.82) is 5.26 Å². The van der Waals surface area contributed by atoms with E-state index >= 15 is 0 Å². The molecule has 3 aromatic rings. The summed E-state index contributed by atoms with van der Waals surface area (Å²) < 4.78 is 1.87. The van der Waals surface area contributed by atoms with Crippen LogP contribution in [0.15, 0.2) is 61.1 Å². The predicted octanol–water partition coefficient (Wildman–Crippen LogP) is 3.04. The summed E-state index contributed by atoms with van der Waals surface area (Å²) >= 11 is 0. The monoisotopic (exact) mass is 289 g/mol. The maximum Gasteiger partial charge on any atom is 0.105 e. The van der Waals surface area contributed by atoms with Gasteiger partial charge in [0.05, 0.1) is 23.7 Å². The Hall–Kier alpha value is -2.90. The first kappa shape index (κ1) is 14.1. The molecule has 0 spiro atoms. The molecule has 0 fully saturated rings. The molecule has 0 saturated carbocycles. The zero-order chi connectivity index (χ0) is 15.5. The lowest BCUT2D eigenvalue weighted by molar-refractivity contribution is 0.221. The van der Waals surface area contributed by atoms with Crippen molar-refractivity contribution >= 4 is 0 Å². The number of nitriles is 1. The van der Waals surface area contributed by atoms with E-state index in [-0.39, 0.29) is 0 Å². The molecule has 0 bridgehead atoms. The molecular weight excluding hydrogens is 274 g/mol. The van der Waals surface area contributed by atoms with Gasteiger partial charge in [-0.1, -0.05) is 36.4 Å². The number of aliphatic hydroxyl groups is 1. The van der Waals surface area contributed by atoms with Crippen LogP contribution in [0.25, 0.3) is 11.3 Å². The molecule has 4 nitrogen and oxygen atoms in total. The van der Waals surface area contributed by atoms with E-state index in [4.69, 9.17) is 5.26 Å². The minimum Gasteiger partial charge on any atom is -0.384 e. The second-order valence-corrected chi connectivity index (χ2v) is 5.15. The van der Waals surface area contributed by atoms with Gasteiger partial charge in [-0.25, -0.2) is 4.98 Å². The highest BCUT2D eigenvalue weighted by Gasteiger charge is 2.16. The Morgan fingerprint density at radius 1 is 1.18 bits per heavy atom. The minimum atomic E-state index is -0.800.